The Labute approximate surface area is 108 Å². The molecule has 0 bridgehead atoms. The summed E-state index contributed by atoms with van der Waals surface area (Å²) in [6, 6.07) is 0. The molecule has 0 fully saturated rings. The molecule has 0 aliphatic rings. The van der Waals surface area contributed by atoms with Crippen LogP contribution in [-0.2, 0) is 18.4 Å². The molecular formula is C11H22NO5P. The Morgan fingerprint density at radius 1 is 1.28 bits per heavy atom. The van der Waals surface area contributed by atoms with E-state index < -0.39 is 7.82 Å². The van der Waals surface area contributed by atoms with Gasteiger partial charge < -0.3 is 9.84 Å². The van der Waals surface area contributed by atoms with Crippen LogP contribution in [0.5, 0.6) is 0 Å². The summed E-state index contributed by atoms with van der Waals surface area (Å²) in [7, 11) is -3.98. The van der Waals surface area contributed by atoms with Crippen LogP contribution in [0.25, 0.3) is 0 Å². The van der Waals surface area contributed by atoms with Crippen molar-refractivity contribution in [3.05, 3.63) is 12.3 Å². The first-order chi connectivity index (χ1) is 8.33. The number of phosphoric acid groups is 1. The van der Waals surface area contributed by atoms with E-state index >= 15 is 0 Å². The molecule has 0 aromatic carbocycles. The molecule has 0 rings (SSSR count). The molecule has 0 aromatic rings. The van der Waals surface area contributed by atoms with Gasteiger partial charge in [-0.05, 0) is 19.8 Å². The van der Waals surface area contributed by atoms with Gasteiger partial charge in [0.15, 0.2) is 0 Å². The van der Waals surface area contributed by atoms with Gasteiger partial charge >= 0.3 is 7.82 Å². The van der Waals surface area contributed by atoms with E-state index in [0.29, 0.717) is 13.0 Å². The maximum Gasteiger partial charge on any atom is 0.527 e. The van der Waals surface area contributed by atoms with Crippen LogP contribution >= 0.6 is 7.82 Å². The van der Waals surface area contributed by atoms with Crippen molar-refractivity contribution < 1.29 is 23.3 Å². The van der Waals surface area contributed by atoms with E-state index in [0.717, 1.165) is 19.3 Å². The van der Waals surface area contributed by atoms with Gasteiger partial charge in [0, 0.05) is 13.5 Å². The second-order valence-corrected chi connectivity index (χ2v) is 5.37. The Bertz CT molecular complexity index is 319. The number of rotatable bonds is 10. The Balaban J connectivity index is 3.42. The molecule has 1 amide bonds. The molecule has 106 valence electrons. The fraction of sp³-hybridized carbons (Fsp3) is 0.727. The van der Waals surface area contributed by atoms with E-state index in [1.165, 1.54) is 13.8 Å². The van der Waals surface area contributed by atoms with Crippen LogP contribution in [0.15, 0.2) is 12.3 Å². The van der Waals surface area contributed by atoms with Crippen molar-refractivity contribution in [3.8, 4) is 0 Å². The third-order valence-electron chi connectivity index (χ3n) is 1.97. The van der Waals surface area contributed by atoms with Crippen LogP contribution in [-0.4, -0.2) is 24.0 Å². The summed E-state index contributed by atoms with van der Waals surface area (Å²) in [6.45, 7) is 7.15. The van der Waals surface area contributed by atoms with Crippen molar-refractivity contribution in [3.63, 3.8) is 0 Å². The zero-order chi connectivity index (χ0) is 14.0. The topological polar surface area (TPSA) is 84.9 Å². The molecule has 0 saturated heterocycles. The molecule has 6 nitrogen and oxygen atoms in total. The lowest BCUT2D eigenvalue weighted by atomic mass is 10.2. The highest BCUT2D eigenvalue weighted by Crippen LogP contribution is 2.45. The van der Waals surface area contributed by atoms with Gasteiger partial charge in [-0.1, -0.05) is 19.4 Å². The number of nitrogens with one attached hydrogen (secondary N) is 1. The minimum absolute atomic E-state index is 0.0310. The molecule has 0 aliphatic heterocycles. The summed E-state index contributed by atoms with van der Waals surface area (Å²) in [5, 5.41) is 2.70. The van der Waals surface area contributed by atoms with Crippen molar-refractivity contribution in [2.24, 2.45) is 0 Å². The smallest absolute Gasteiger partial charge is 0.410 e. The van der Waals surface area contributed by atoms with Crippen LogP contribution in [0.2, 0.25) is 0 Å². The summed E-state index contributed by atoms with van der Waals surface area (Å²) >= 11 is 0. The second-order valence-electron chi connectivity index (χ2n) is 3.99. The quantitative estimate of drug-likeness (QED) is 0.364. The largest absolute Gasteiger partial charge is 0.527 e. The lowest BCUT2D eigenvalue weighted by molar-refractivity contribution is -0.118. The van der Waals surface area contributed by atoms with E-state index in [4.69, 9.17) is 4.52 Å². The lowest BCUT2D eigenvalue weighted by Crippen LogP contribution is -2.20. The van der Waals surface area contributed by atoms with E-state index in [9.17, 15) is 14.3 Å². The highest BCUT2D eigenvalue weighted by atomic mass is 31.2. The first-order valence-corrected chi connectivity index (χ1v) is 7.40. The number of hydrogen-bond donors (Lipinski definition) is 2. The average molecular weight is 279 g/mol. The van der Waals surface area contributed by atoms with Gasteiger partial charge in [-0.2, -0.15) is 0 Å². The normalized spacial score (nSPS) is 13.7. The Hall–Kier alpha value is -0.840. The van der Waals surface area contributed by atoms with E-state index in [1.807, 2.05) is 0 Å². The maximum absolute atomic E-state index is 11.2. The van der Waals surface area contributed by atoms with E-state index in [1.54, 1.807) is 0 Å². The molecule has 2 N–H and O–H groups in total. The summed E-state index contributed by atoms with van der Waals surface area (Å²) in [5.41, 5.74) is 0. The second kappa shape index (κ2) is 9.14. The Kier molecular flexibility index (Phi) is 8.71. The minimum atomic E-state index is -3.98. The number of carbonyl (C=O) groups is 1. The van der Waals surface area contributed by atoms with Crippen molar-refractivity contribution in [2.45, 2.75) is 39.5 Å². The molecule has 1 atom stereocenters. The van der Waals surface area contributed by atoms with Gasteiger partial charge in [0.1, 0.15) is 0 Å². The summed E-state index contributed by atoms with van der Waals surface area (Å²) in [6.07, 6.45) is 3.36. The number of unbranched alkanes of at least 4 members (excludes halogenated alkanes) is 3. The van der Waals surface area contributed by atoms with Crippen LogP contribution in [0, 0.1) is 0 Å². The van der Waals surface area contributed by atoms with Crippen LogP contribution in [0.4, 0.5) is 0 Å². The lowest BCUT2D eigenvalue weighted by Gasteiger charge is -2.12. The first-order valence-electron chi connectivity index (χ1n) is 5.90. The predicted octanol–water partition coefficient (Wildman–Crippen LogP) is 2.35. The number of amides is 1. The van der Waals surface area contributed by atoms with Gasteiger partial charge in [-0.3, -0.25) is 14.2 Å². The molecule has 1 unspecified atom stereocenters. The third-order valence-corrected chi connectivity index (χ3v) is 3.02. The number of allylic oxidation sites excluding steroid dienone is 1. The first kappa shape index (κ1) is 17.2. The zero-order valence-corrected chi connectivity index (χ0v) is 11.9. The number of carbonyl (C=O) groups excluding carboxylic acids is 1. The molecule has 0 spiro atoms. The SMILES string of the molecule is C=C(C)OP(=O)(O)OCCCCCCNC(C)=O. The fourth-order valence-corrected chi connectivity index (χ4v) is 2.05. The van der Waals surface area contributed by atoms with Gasteiger partial charge in [-0.15, -0.1) is 0 Å². The minimum Gasteiger partial charge on any atom is -0.410 e. The molecule has 7 heteroatoms. The van der Waals surface area contributed by atoms with Crippen molar-refractivity contribution in [2.75, 3.05) is 13.2 Å². The van der Waals surface area contributed by atoms with Gasteiger partial charge in [0.25, 0.3) is 0 Å². The van der Waals surface area contributed by atoms with Gasteiger partial charge in [-0.25, -0.2) is 4.57 Å². The standard InChI is InChI=1S/C11H22NO5P/c1-10(2)17-18(14,15)16-9-7-5-4-6-8-12-11(3)13/h1,4-9H2,2-3H3,(H,12,13)(H,14,15). The molecule has 0 aliphatic carbocycles. The van der Waals surface area contributed by atoms with Crippen molar-refractivity contribution >= 4 is 13.7 Å². The predicted molar refractivity (Wildman–Crippen MR) is 68.8 cm³/mol. The Morgan fingerprint density at radius 2 is 1.89 bits per heavy atom. The molecule has 0 heterocycles. The van der Waals surface area contributed by atoms with Crippen molar-refractivity contribution in [1.29, 1.82) is 0 Å². The summed E-state index contributed by atoms with van der Waals surface area (Å²) < 4.78 is 20.5. The molecule has 0 saturated carbocycles. The molecule has 0 radical (unpaired) electrons. The van der Waals surface area contributed by atoms with E-state index in [-0.39, 0.29) is 18.3 Å². The third kappa shape index (κ3) is 11.6. The number of phosphoric ester groups is 1. The highest BCUT2D eigenvalue weighted by Gasteiger charge is 2.21. The van der Waals surface area contributed by atoms with Crippen LogP contribution in [0.1, 0.15) is 39.5 Å². The van der Waals surface area contributed by atoms with E-state index in [2.05, 4.69) is 16.4 Å². The maximum atomic E-state index is 11.2. The summed E-state index contributed by atoms with van der Waals surface area (Å²) in [5.74, 6) is 0.118. The number of hydrogen-bond acceptors (Lipinski definition) is 4. The average Bonchev–Trinajstić information content (AvgIpc) is 2.19. The van der Waals surface area contributed by atoms with Gasteiger partial charge in [0.05, 0.1) is 12.4 Å². The van der Waals surface area contributed by atoms with Gasteiger partial charge in [0.2, 0.25) is 5.91 Å². The molecule has 18 heavy (non-hydrogen) atoms. The zero-order valence-electron chi connectivity index (χ0n) is 11.0. The monoisotopic (exact) mass is 279 g/mol. The molecular weight excluding hydrogens is 257 g/mol. The summed E-state index contributed by atoms with van der Waals surface area (Å²) in [4.78, 5) is 19.8. The Morgan fingerprint density at radius 3 is 2.44 bits per heavy atom. The highest BCUT2D eigenvalue weighted by molar-refractivity contribution is 7.47. The van der Waals surface area contributed by atoms with Crippen LogP contribution < -0.4 is 5.32 Å². The fourth-order valence-electron chi connectivity index (χ4n) is 1.25. The molecule has 0 aromatic heterocycles. The van der Waals surface area contributed by atoms with Crippen molar-refractivity contribution in [1.82, 2.24) is 5.32 Å². The van der Waals surface area contributed by atoms with Crippen LogP contribution in [0.3, 0.4) is 0 Å².